The Morgan fingerprint density at radius 2 is 1.58 bits per heavy atom. The highest BCUT2D eigenvalue weighted by atomic mass is 16.7. The van der Waals surface area contributed by atoms with Crippen molar-refractivity contribution < 1.29 is 50.0 Å². The van der Waals surface area contributed by atoms with E-state index in [9.17, 15) is 40.5 Å². The van der Waals surface area contributed by atoms with Crippen molar-refractivity contribution in [1.29, 1.82) is 0 Å². The molecule has 5 atom stereocenters. The first-order valence-electron chi connectivity index (χ1n) is 10.6. The number of aliphatic hydroxyl groups excluding tert-OH is 4. The lowest BCUT2D eigenvalue weighted by molar-refractivity contribution is -0.277. The zero-order valence-corrected chi connectivity index (χ0v) is 18.3. The Hall–Kier alpha value is -2.89. The van der Waals surface area contributed by atoms with Crippen molar-refractivity contribution in [2.24, 2.45) is 0 Å². The Balaban J connectivity index is 0.00000187. The molecule has 0 bridgehead atoms. The smallest absolute Gasteiger partial charge is 0.229 e. The highest BCUT2D eigenvalue weighted by Gasteiger charge is 2.45. The normalized spacial score (nSPS) is 24.5. The van der Waals surface area contributed by atoms with Crippen molar-refractivity contribution in [2.75, 3.05) is 6.61 Å². The molecule has 1 aliphatic heterocycles. The zero-order chi connectivity index (χ0) is 24.7. The lowest BCUT2D eigenvalue weighted by Gasteiger charge is -2.39. The van der Waals surface area contributed by atoms with Gasteiger partial charge in [-0.25, -0.2) is 0 Å². The van der Waals surface area contributed by atoms with Gasteiger partial charge in [-0.05, 0) is 24.1 Å². The van der Waals surface area contributed by atoms with Crippen LogP contribution in [0, 0.1) is 0 Å². The fourth-order valence-electron chi connectivity index (χ4n) is 3.30. The zero-order valence-electron chi connectivity index (χ0n) is 18.3. The van der Waals surface area contributed by atoms with Crippen LogP contribution in [0.25, 0.3) is 0 Å². The number of carbonyl (C=O) groups excluding carboxylic acids is 1. The Bertz CT molecular complexity index is 912. The summed E-state index contributed by atoms with van der Waals surface area (Å²) < 4.78 is 10.7. The summed E-state index contributed by atoms with van der Waals surface area (Å²) in [6, 6.07) is 8.23. The number of hydrogen-bond acceptors (Lipinski definition) is 10. The molecule has 0 saturated carbocycles. The van der Waals surface area contributed by atoms with E-state index in [2.05, 4.69) is 0 Å². The van der Waals surface area contributed by atoms with Crippen molar-refractivity contribution >= 4 is 5.78 Å². The average molecular weight is 466 g/mol. The first kappa shape index (κ1) is 26.4. The molecule has 182 valence electrons. The van der Waals surface area contributed by atoms with Crippen LogP contribution in [0.2, 0.25) is 0 Å². The highest BCUT2D eigenvalue weighted by molar-refractivity contribution is 6.01. The van der Waals surface area contributed by atoms with E-state index in [0.29, 0.717) is 6.42 Å². The molecule has 33 heavy (non-hydrogen) atoms. The van der Waals surface area contributed by atoms with Crippen LogP contribution in [-0.4, -0.2) is 78.8 Å². The second-order valence-electron chi connectivity index (χ2n) is 7.24. The molecule has 2 aromatic carbocycles. The molecule has 2 aromatic rings. The van der Waals surface area contributed by atoms with Crippen LogP contribution in [-0.2, 0) is 11.2 Å². The van der Waals surface area contributed by atoms with Crippen LogP contribution in [0.5, 0.6) is 23.0 Å². The predicted octanol–water partition coefficient (Wildman–Crippen LogP) is 0.824. The van der Waals surface area contributed by atoms with Gasteiger partial charge in [-0.3, -0.25) is 4.79 Å². The van der Waals surface area contributed by atoms with E-state index >= 15 is 0 Å². The molecule has 1 aliphatic rings. The minimum absolute atomic E-state index is 0.0475. The van der Waals surface area contributed by atoms with Crippen LogP contribution in [0.15, 0.2) is 36.4 Å². The summed E-state index contributed by atoms with van der Waals surface area (Å²) >= 11 is 0. The number of rotatable bonds is 7. The fourth-order valence-corrected chi connectivity index (χ4v) is 3.30. The van der Waals surface area contributed by atoms with Crippen LogP contribution >= 0.6 is 0 Å². The van der Waals surface area contributed by atoms with Gasteiger partial charge >= 0.3 is 0 Å². The van der Waals surface area contributed by atoms with E-state index in [1.54, 1.807) is 12.1 Å². The topological polar surface area (TPSA) is 177 Å². The molecule has 1 heterocycles. The fraction of sp³-hybridized carbons (Fsp3) is 0.435. The third kappa shape index (κ3) is 6.34. The molecule has 10 heteroatoms. The van der Waals surface area contributed by atoms with Crippen molar-refractivity contribution in [3.63, 3.8) is 0 Å². The molecule has 7 N–H and O–H groups in total. The summed E-state index contributed by atoms with van der Waals surface area (Å²) in [5.74, 6) is -1.74. The summed E-state index contributed by atoms with van der Waals surface area (Å²) in [6.07, 6.45) is -7.61. The number of benzene rings is 2. The van der Waals surface area contributed by atoms with Crippen LogP contribution < -0.4 is 4.74 Å². The van der Waals surface area contributed by atoms with Crippen molar-refractivity contribution in [3.8, 4) is 23.0 Å². The molecule has 1 saturated heterocycles. The molecule has 0 aliphatic carbocycles. The third-order valence-corrected chi connectivity index (χ3v) is 5.01. The van der Waals surface area contributed by atoms with Gasteiger partial charge in [0.2, 0.25) is 6.29 Å². The number of phenolic OH excluding ortho intramolecular Hbond substituents is 3. The lowest BCUT2D eigenvalue weighted by Crippen LogP contribution is -2.60. The van der Waals surface area contributed by atoms with E-state index in [0.717, 1.165) is 17.7 Å². The number of carbonyl (C=O) groups is 1. The summed E-state index contributed by atoms with van der Waals surface area (Å²) in [6.45, 7) is 3.33. The maximum atomic E-state index is 12.8. The molecule has 3 unspecified atom stereocenters. The van der Waals surface area contributed by atoms with Gasteiger partial charge in [-0.1, -0.05) is 26.0 Å². The maximum Gasteiger partial charge on any atom is 0.229 e. The monoisotopic (exact) mass is 466 g/mol. The molecule has 0 amide bonds. The predicted molar refractivity (Wildman–Crippen MR) is 116 cm³/mol. The van der Waals surface area contributed by atoms with Gasteiger partial charge in [-0.2, -0.15) is 0 Å². The van der Waals surface area contributed by atoms with Crippen molar-refractivity contribution in [2.45, 2.75) is 57.4 Å². The van der Waals surface area contributed by atoms with E-state index < -0.39 is 54.6 Å². The second kappa shape index (κ2) is 11.8. The number of aryl methyl sites for hydroxylation is 1. The van der Waals surface area contributed by atoms with E-state index in [1.165, 1.54) is 12.1 Å². The number of ketones is 1. The number of aliphatic hydroxyl groups is 4. The number of ether oxygens (including phenoxy) is 2. The Kier molecular flexibility index (Phi) is 9.44. The minimum atomic E-state index is -1.73. The molecule has 0 aromatic heterocycles. The van der Waals surface area contributed by atoms with Gasteiger partial charge in [0.25, 0.3) is 0 Å². The van der Waals surface area contributed by atoms with Crippen LogP contribution in [0.3, 0.4) is 0 Å². The quantitative estimate of drug-likeness (QED) is 0.289. The molecule has 3 rings (SSSR count). The summed E-state index contributed by atoms with van der Waals surface area (Å²) in [4.78, 5) is 12.8. The Morgan fingerprint density at radius 3 is 2.18 bits per heavy atom. The van der Waals surface area contributed by atoms with Gasteiger partial charge in [0.1, 0.15) is 53.0 Å². The minimum Gasteiger partial charge on any atom is -0.508 e. The summed E-state index contributed by atoms with van der Waals surface area (Å²) in [5, 5.41) is 68.6. The standard InChI is InChI=1S/C21H24O10.C2H6/c22-9-16-18(27)19(28)20(29)21(31-16)30-15-8-12(24)7-14(26)17(15)13(25)6-3-10-1-4-11(23)5-2-10;1-2/h1-2,4-5,7-8,16,18-24,26-29H,3,6,9H2;1-2H3/t16?,18-,19?,20-,21?;/m1./s1. The largest absolute Gasteiger partial charge is 0.508 e. The number of hydrogen-bond donors (Lipinski definition) is 7. The van der Waals surface area contributed by atoms with Gasteiger partial charge in [0, 0.05) is 18.6 Å². The van der Waals surface area contributed by atoms with Gasteiger partial charge in [0.15, 0.2) is 5.78 Å². The first-order chi connectivity index (χ1) is 15.7. The van der Waals surface area contributed by atoms with Crippen LogP contribution in [0.4, 0.5) is 0 Å². The summed E-state index contributed by atoms with van der Waals surface area (Å²) in [5.41, 5.74) is 0.495. The number of Topliss-reactive ketones (excluding diaryl/α,β-unsaturated/α-hetero) is 1. The molecule has 0 spiro atoms. The Labute approximate surface area is 190 Å². The lowest BCUT2D eigenvalue weighted by atomic mass is 9.99. The number of aromatic hydroxyl groups is 3. The average Bonchev–Trinajstić information content (AvgIpc) is 2.80. The molecular weight excluding hydrogens is 436 g/mol. The first-order valence-corrected chi connectivity index (χ1v) is 10.6. The second-order valence-corrected chi connectivity index (χ2v) is 7.24. The number of phenols is 3. The van der Waals surface area contributed by atoms with E-state index in [4.69, 9.17) is 9.47 Å². The highest BCUT2D eigenvalue weighted by Crippen LogP contribution is 2.36. The van der Waals surface area contributed by atoms with Gasteiger partial charge in [-0.15, -0.1) is 0 Å². The van der Waals surface area contributed by atoms with E-state index in [-0.39, 0.29) is 23.5 Å². The molecule has 0 radical (unpaired) electrons. The molecule has 10 nitrogen and oxygen atoms in total. The van der Waals surface area contributed by atoms with Crippen LogP contribution in [0.1, 0.15) is 36.2 Å². The summed E-state index contributed by atoms with van der Waals surface area (Å²) in [7, 11) is 0. The van der Waals surface area contributed by atoms with Gasteiger partial charge < -0.3 is 45.2 Å². The van der Waals surface area contributed by atoms with E-state index in [1.807, 2.05) is 13.8 Å². The Morgan fingerprint density at radius 1 is 0.939 bits per heavy atom. The molecule has 1 fully saturated rings. The third-order valence-electron chi connectivity index (χ3n) is 5.01. The van der Waals surface area contributed by atoms with Gasteiger partial charge in [0.05, 0.1) is 6.61 Å². The maximum absolute atomic E-state index is 12.8. The van der Waals surface area contributed by atoms with Crippen molar-refractivity contribution in [1.82, 2.24) is 0 Å². The van der Waals surface area contributed by atoms with Crippen molar-refractivity contribution in [3.05, 3.63) is 47.5 Å². The molecular formula is C23H30O10. The SMILES string of the molecule is CC.O=C(CCc1ccc(O)cc1)c1c(O)cc(O)cc1OC1OC(CO)[C@@H](O)C(O)[C@H]1O.